The van der Waals surface area contributed by atoms with Gasteiger partial charge in [0.15, 0.2) is 21.3 Å². The molecule has 0 saturated carbocycles. The van der Waals surface area contributed by atoms with E-state index in [0.29, 0.717) is 35.4 Å². The number of rotatable bonds is 5. The number of aromatic nitrogens is 1. The van der Waals surface area contributed by atoms with Crippen molar-refractivity contribution in [1.29, 1.82) is 0 Å². The fraction of sp³-hybridized carbons (Fsp3) is 0.286. The molecule has 2 aromatic carbocycles. The maximum atomic E-state index is 12.9. The molecule has 0 radical (unpaired) electrons. The second-order valence-electron chi connectivity index (χ2n) is 7.07. The molecule has 1 aromatic heterocycles. The van der Waals surface area contributed by atoms with Crippen molar-refractivity contribution in [3.63, 3.8) is 0 Å². The van der Waals surface area contributed by atoms with Crippen LogP contribution in [0.2, 0.25) is 0 Å². The summed E-state index contributed by atoms with van der Waals surface area (Å²) < 4.78 is 75.0. The third kappa shape index (κ3) is 5.37. The summed E-state index contributed by atoms with van der Waals surface area (Å²) in [4.78, 5) is 4.40. The molecule has 4 rings (SSSR count). The first-order chi connectivity index (χ1) is 14.7. The van der Waals surface area contributed by atoms with E-state index in [9.17, 15) is 21.6 Å². The van der Waals surface area contributed by atoms with Crippen molar-refractivity contribution in [3.05, 3.63) is 64.0 Å². The van der Waals surface area contributed by atoms with Gasteiger partial charge in [0.1, 0.15) is 10.8 Å². The minimum atomic E-state index is -4.52. The highest BCUT2D eigenvalue weighted by Gasteiger charge is 2.30. The lowest BCUT2D eigenvalue weighted by Gasteiger charge is -2.09. The largest absolute Gasteiger partial charge is 0.490 e. The van der Waals surface area contributed by atoms with E-state index in [1.54, 1.807) is 17.5 Å². The van der Waals surface area contributed by atoms with Crippen molar-refractivity contribution in [1.82, 2.24) is 4.98 Å². The van der Waals surface area contributed by atoms with Gasteiger partial charge in [-0.1, -0.05) is 18.2 Å². The van der Waals surface area contributed by atoms with Gasteiger partial charge in [-0.2, -0.15) is 13.2 Å². The highest BCUT2D eigenvalue weighted by Crippen LogP contribution is 2.35. The average Bonchev–Trinajstić information content (AvgIpc) is 3.02. The fourth-order valence-electron chi connectivity index (χ4n) is 3.16. The Kier molecular flexibility index (Phi) is 5.94. The van der Waals surface area contributed by atoms with E-state index in [1.807, 2.05) is 6.07 Å². The van der Waals surface area contributed by atoms with Crippen molar-refractivity contribution in [3.8, 4) is 22.8 Å². The molecule has 0 bridgehead atoms. The number of sulfone groups is 1. The zero-order valence-electron chi connectivity index (χ0n) is 16.2. The molecule has 164 valence electrons. The number of thiazole rings is 1. The van der Waals surface area contributed by atoms with Gasteiger partial charge in [-0.05, 0) is 29.8 Å². The van der Waals surface area contributed by atoms with Crippen LogP contribution < -0.4 is 9.47 Å². The fourth-order valence-corrected chi connectivity index (χ4v) is 5.79. The molecular formula is C21H18F3NO4S2. The lowest BCUT2D eigenvalue weighted by atomic mass is 10.1. The number of benzene rings is 2. The predicted octanol–water partition coefficient (Wildman–Crippen LogP) is 5.11. The second kappa shape index (κ2) is 8.51. The molecule has 2 heterocycles. The summed E-state index contributed by atoms with van der Waals surface area (Å²) in [7, 11) is -3.70. The Morgan fingerprint density at radius 1 is 1.00 bits per heavy atom. The molecule has 10 heteroatoms. The maximum Gasteiger partial charge on any atom is 0.416 e. The van der Waals surface area contributed by atoms with Gasteiger partial charge in [0.25, 0.3) is 0 Å². The zero-order valence-corrected chi connectivity index (χ0v) is 17.8. The van der Waals surface area contributed by atoms with Crippen LogP contribution in [-0.2, 0) is 27.5 Å². The van der Waals surface area contributed by atoms with Crippen LogP contribution in [0.15, 0.2) is 47.8 Å². The average molecular weight is 470 g/mol. The van der Waals surface area contributed by atoms with E-state index in [0.717, 1.165) is 24.1 Å². The molecule has 0 atom stereocenters. The van der Waals surface area contributed by atoms with Gasteiger partial charge >= 0.3 is 6.18 Å². The first-order valence-electron chi connectivity index (χ1n) is 9.41. The van der Waals surface area contributed by atoms with E-state index in [1.165, 1.54) is 23.5 Å². The Morgan fingerprint density at radius 2 is 1.77 bits per heavy atom. The van der Waals surface area contributed by atoms with Gasteiger partial charge in [0, 0.05) is 17.4 Å². The maximum absolute atomic E-state index is 12.9. The van der Waals surface area contributed by atoms with Crippen LogP contribution in [0.25, 0.3) is 11.3 Å². The number of hydrogen-bond acceptors (Lipinski definition) is 6. The van der Waals surface area contributed by atoms with E-state index >= 15 is 0 Å². The summed E-state index contributed by atoms with van der Waals surface area (Å²) in [5.74, 6) is 0.427. The Bertz CT molecular complexity index is 1190. The monoisotopic (exact) mass is 469 g/mol. The second-order valence-corrected chi connectivity index (χ2v) is 10.1. The van der Waals surface area contributed by atoms with Crippen LogP contribution in [-0.4, -0.2) is 26.6 Å². The van der Waals surface area contributed by atoms with E-state index in [2.05, 4.69) is 4.98 Å². The quantitative estimate of drug-likeness (QED) is 0.520. The normalized spacial score (nSPS) is 14.3. The van der Waals surface area contributed by atoms with Crippen molar-refractivity contribution < 1.29 is 31.1 Å². The summed E-state index contributed by atoms with van der Waals surface area (Å²) >= 11 is 1.19. The van der Waals surface area contributed by atoms with Gasteiger partial charge in [-0.25, -0.2) is 13.4 Å². The number of nitrogens with zero attached hydrogens (tertiary/aromatic N) is 1. The summed E-state index contributed by atoms with van der Waals surface area (Å²) in [6, 6.07) is 9.78. The number of hydrogen-bond donors (Lipinski definition) is 0. The van der Waals surface area contributed by atoms with Crippen molar-refractivity contribution >= 4 is 21.2 Å². The highest BCUT2D eigenvalue weighted by molar-refractivity contribution is 7.89. The molecular weight excluding hydrogens is 451 g/mol. The smallest absolute Gasteiger partial charge is 0.416 e. The van der Waals surface area contributed by atoms with Gasteiger partial charge in [-0.3, -0.25) is 0 Å². The molecule has 0 fully saturated rings. The summed E-state index contributed by atoms with van der Waals surface area (Å²) in [5.41, 5.74) is 0.590. The first-order valence-corrected chi connectivity index (χ1v) is 12.1. The summed E-state index contributed by atoms with van der Waals surface area (Å²) in [6.45, 7) is 1.13. The van der Waals surface area contributed by atoms with Gasteiger partial charge in [0.05, 0.1) is 30.2 Å². The van der Waals surface area contributed by atoms with Crippen molar-refractivity contribution in [2.75, 3.05) is 13.2 Å². The first kappa shape index (κ1) is 21.6. The number of alkyl halides is 3. The number of fused-ring (bicyclic) bond motifs is 1. The minimum absolute atomic E-state index is 0.0921. The minimum Gasteiger partial charge on any atom is -0.490 e. The van der Waals surface area contributed by atoms with Crippen LogP contribution in [0.1, 0.15) is 22.6 Å². The molecule has 3 aromatic rings. The molecule has 5 nitrogen and oxygen atoms in total. The standard InChI is InChI=1S/C21H18F3NO4S2/c22-21(23,24)16-4-1-3-14(9-16)12-31(26,27)13-20-25-17(11-30-20)15-5-6-18-19(10-15)29-8-2-7-28-18/h1,3-6,9-11H,2,7-8,12-13H2. The molecule has 31 heavy (non-hydrogen) atoms. The molecule has 0 saturated heterocycles. The highest BCUT2D eigenvalue weighted by atomic mass is 32.2. The van der Waals surface area contributed by atoms with Crippen LogP contribution in [0.5, 0.6) is 11.5 Å². The van der Waals surface area contributed by atoms with E-state index in [4.69, 9.17) is 9.47 Å². The van der Waals surface area contributed by atoms with Gasteiger partial charge in [-0.15, -0.1) is 11.3 Å². The Hall–Kier alpha value is -2.59. The van der Waals surface area contributed by atoms with Crippen LogP contribution >= 0.6 is 11.3 Å². The van der Waals surface area contributed by atoms with Crippen LogP contribution in [0.4, 0.5) is 13.2 Å². The van der Waals surface area contributed by atoms with E-state index in [-0.39, 0.29) is 11.3 Å². The topological polar surface area (TPSA) is 65.5 Å². The summed E-state index contributed by atoms with van der Waals surface area (Å²) in [5, 5.41) is 2.11. The van der Waals surface area contributed by atoms with Crippen LogP contribution in [0, 0.1) is 0 Å². The van der Waals surface area contributed by atoms with E-state index < -0.39 is 27.3 Å². The van der Waals surface area contributed by atoms with Crippen molar-refractivity contribution in [2.24, 2.45) is 0 Å². The predicted molar refractivity (Wildman–Crippen MR) is 111 cm³/mol. The SMILES string of the molecule is O=S(=O)(Cc1cccc(C(F)(F)F)c1)Cc1nc(-c2ccc3c(c2)OCCCO3)cs1. The molecule has 0 aliphatic carbocycles. The van der Waals surface area contributed by atoms with Gasteiger partial charge in [0.2, 0.25) is 0 Å². The van der Waals surface area contributed by atoms with Crippen LogP contribution in [0.3, 0.4) is 0 Å². The molecule has 1 aliphatic rings. The van der Waals surface area contributed by atoms with Crippen molar-refractivity contribution in [2.45, 2.75) is 24.1 Å². The van der Waals surface area contributed by atoms with Gasteiger partial charge < -0.3 is 9.47 Å². The summed E-state index contributed by atoms with van der Waals surface area (Å²) in [6.07, 6.45) is -3.73. The third-order valence-electron chi connectivity index (χ3n) is 4.58. The lowest BCUT2D eigenvalue weighted by molar-refractivity contribution is -0.137. The Labute approximate surface area is 181 Å². The number of ether oxygens (including phenoxy) is 2. The Morgan fingerprint density at radius 3 is 2.55 bits per heavy atom. The lowest BCUT2D eigenvalue weighted by Crippen LogP contribution is -2.10. The Balaban J connectivity index is 1.49. The molecule has 1 aliphatic heterocycles. The molecule has 0 unspecified atom stereocenters. The zero-order chi connectivity index (χ0) is 22.1. The molecule has 0 amide bonds. The molecule has 0 spiro atoms. The number of halogens is 3. The third-order valence-corrected chi connectivity index (χ3v) is 7.10. The molecule has 0 N–H and O–H groups in total.